The van der Waals surface area contributed by atoms with Crippen LogP contribution in [0.5, 0.6) is 11.5 Å². The summed E-state index contributed by atoms with van der Waals surface area (Å²) in [4.78, 5) is 32.7. The SMILES string of the molecule is COc1c(OCCCNCCc2c[nH]c3ccccc23)cccc1C1OC(CC(=O)NCc2ccccc2F)C(=O)N(CC(C)(C)C)c2ccc(Cl)cc21. The quantitative estimate of drug-likeness (QED) is 0.0933. The summed E-state index contributed by atoms with van der Waals surface area (Å²) >= 11 is 6.60. The number of rotatable bonds is 15. The number of hydrogen-bond acceptors (Lipinski definition) is 6. The number of ether oxygens (including phenoxy) is 3. The van der Waals surface area contributed by atoms with Gasteiger partial charge in [-0.1, -0.05) is 80.9 Å². The first-order valence-corrected chi connectivity index (χ1v) is 18.7. The number of fused-ring (bicyclic) bond motifs is 2. The molecule has 2 heterocycles. The molecule has 0 spiro atoms. The number of nitrogens with one attached hydrogen (secondary N) is 3. The molecule has 11 heteroatoms. The number of benzene rings is 4. The van der Waals surface area contributed by atoms with Gasteiger partial charge in [0.15, 0.2) is 11.5 Å². The summed E-state index contributed by atoms with van der Waals surface area (Å²) in [7, 11) is 1.57. The van der Waals surface area contributed by atoms with Crippen LogP contribution in [0.3, 0.4) is 0 Å². The summed E-state index contributed by atoms with van der Waals surface area (Å²) in [5, 5.41) is 7.99. The molecule has 0 saturated heterocycles. The fraction of sp³-hybridized carbons (Fsp3) is 0.349. The number of halogens is 2. The van der Waals surface area contributed by atoms with E-state index < -0.39 is 23.9 Å². The van der Waals surface area contributed by atoms with E-state index in [2.05, 4.69) is 40.0 Å². The van der Waals surface area contributed by atoms with E-state index in [0.717, 1.165) is 31.4 Å². The van der Waals surface area contributed by atoms with Gasteiger partial charge in [0.2, 0.25) is 5.91 Å². The standard InChI is InChI=1S/C43H48ClFN4O5/c1-43(2,3)27-49-36-18-17-30(44)23-33(36)40(54-38(42(49)51)24-39(50)48-26-29-11-5-7-14-34(29)45)32-13-9-16-37(41(32)52-4)53-22-10-20-46-21-19-28-25-47-35-15-8-6-12-31(28)35/h5-9,11-18,23,25,38,40,46-47H,10,19-22,24,26-27H2,1-4H3,(H,48,50). The lowest BCUT2D eigenvalue weighted by Gasteiger charge is -2.31. The molecule has 3 N–H and O–H groups in total. The largest absolute Gasteiger partial charge is 0.492 e. The number of methoxy groups -OCH3 is 1. The topological polar surface area (TPSA) is 105 Å². The van der Waals surface area contributed by atoms with E-state index in [1.165, 1.54) is 17.0 Å². The Balaban J connectivity index is 1.19. The molecule has 0 radical (unpaired) electrons. The fourth-order valence-electron chi connectivity index (χ4n) is 6.80. The van der Waals surface area contributed by atoms with E-state index in [9.17, 15) is 14.0 Å². The van der Waals surface area contributed by atoms with Crippen LogP contribution < -0.4 is 25.0 Å². The van der Waals surface area contributed by atoms with Crippen LogP contribution in [0.15, 0.2) is 91.1 Å². The van der Waals surface area contributed by atoms with Crippen molar-refractivity contribution in [2.24, 2.45) is 5.41 Å². The second kappa shape index (κ2) is 17.5. The van der Waals surface area contributed by atoms with Crippen molar-refractivity contribution >= 4 is 40.0 Å². The molecule has 2 amide bonds. The molecule has 1 aromatic heterocycles. The highest BCUT2D eigenvalue weighted by Crippen LogP contribution is 2.45. The zero-order valence-corrected chi connectivity index (χ0v) is 32.0. The van der Waals surface area contributed by atoms with Gasteiger partial charge in [0.25, 0.3) is 5.91 Å². The average molecular weight is 755 g/mol. The first kappa shape index (κ1) is 38.8. The molecule has 284 valence electrons. The number of hydrogen-bond donors (Lipinski definition) is 3. The second-order valence-electron chi connectivity index (χ2n) is 14.7. The third-order valence-electron chi connectivity index (χ3n) is 9.34. The Labute approximate surface area is 321 Å². The number of aromatic nitrogens is 1. The van der Waals surface area contributed by atoms with E-state index in [-0.39, 0.29) is 24.3 Å². The molecule has 1 aliphatic heterocycles. The summed E-state index contributed by atoms with van der Waals surface area (Å²) in [6, 6.07) is 25.5. The maximum Gasteiger partial charge on any atom is 0.256 e. The highest BCUT2D eigenvalue weighted by Gasteiger charge is 2.40. The first-order valence-electron chi connectivity index (χ1n) is 18.3. The van der Waals surface area contributed by atoms with E-state index in [4.69, 9.17) is 25.8 Å². The Morgan fingerprint density at radius 2 is 1.78 bits per heavy atom. The van der Waals surface area contributed by atoms with Crippen LogP contribution in [0.1, 0.15) is 62.0 Å². The van der Waals surface area contributed by atoms with Gasteiger partial charge >= 0.3 is 0 Å². The molecule has 0 aliphatic carbocycles. The summed E-state index contributed by atoms with van der Waals surface area (Å²) in [6.07, 6.45) is 1.45. The molecule has 0 bridgehead atoms. The monoisotopic (exact) mass is 754 g/mol. The van der Waals surface area contributed by atoms with E-state index in [1.54, 1.807) is 42.3 Å². The van der Waals surface area contributed by atoms with Crippen LogP contribution in [0.2, 0.25) is 5.02 Å². The minimum atomic E-state index is -1.17. The van der Waals surface area contributed by atoms with Crippen LogP contribution in [0.4, 0.5) is 10.1 Å². The number of amides is 2. The number of carbonyl (C=O) groups is 2. The first-order chi connectivity index (χ1) is 26.0. The number of para-hydroxylation sites is 2. The van der Waals surface area contributed by atoms with Gasteiger partial charge in [-0.05, 0) is 73.3 Å². The number of H-pyrrole nitrogens is 1. The molecule has 6 rings (SSSR count). The minimum Gasteiger partial charge on any atom is -0.492 e. The van der Waals surface area contributed by atoms with Crippen molar-refractivity contribution < 1.29 is 28.2 Å². The van der Waals surface area contributed by atoms with Crippen LogP contribution in [0.25, 0.3) is 10.9 Å². The predicted octanol–water partition coefficient (Wildman–Crippen LogP) is 8.14. The summed E-state index contributed by atoms with van der Waals surface area (Å²) in [6.45, 7) is 8.51. The zero-order chi connectivity index (χ0) is 38.2. The van der Waals surface area contributed by atoms with E-state index in [0.29, 0.717) is 52.1 Å². The lowest BCUT2D eigenvalue weighted by Crippen LogP contribution is -2.45. The maximum atomic E-state index is 14.4. The highest BCUT2D eigenvalue weighted by molar-refractivity contribution is 6.30. The number of anilines is 1. The molecule has 0 fully saturated rings. The molecule has 9 nitrogen and oxygen atoms in total. The van der Waals surface area contributed by atoms with E-state index >= 15 is 0 Å². The molecule has 1 aliphatic rings. The van der Waals surface area contributed by atoms with Crippen LogP contribution in [-0.2, 0) is 27.3 Å². The summed E-state index contributed by atoms with van der Waals surface area (Å²) in [5.41, 5.74) is 4.39. The van der Waals surface area contributed by atoms with Gasteiger partial charge in [-0.2, -0.15) is 0 Å². The lowest BCUT2D eigenvalue weighted by atomic mass is 9.94. The lowest BCUT2D eigenvalue weighted by molar-refractivity contribution is -0.138. The Morgan fingerprint density at radius 3 is 2.57 bits per heavy atom. The maximum absolute atomic E-state index is 14.4. The van der Waals surface area contributed by atoms with Crippen LogP contribution in [-0.4, -0.2) is 56.3 Å². The van der Waals surface area contributed by atoms with Gasteiger partial charge in [-0.3, -0.25) is 9.59 Å². The molecular weight excluding hydrogens is 707 g/mol. The number of carbonyl (C=O) groups excluding carboxylic acids is 2. The van der Waals surface area contributed by atoms with Crippen molar-refractivity contribution in [3.63, 3.8) is 0 Å². The van der Waals surface area contributed by atoms with Crippen molar-refractivity contribution in [1.29, 1.82) is 0 Å². The molecule has 54 heavy (non-hydrogen) atoms. The van der Waals surface area contributed by atoms with Crippen LogP contribution in [0, 0.1) is 11.2 Å². The second-order valence-corrected chi connectivity index (χ2v) is 15.1. The smallest absolute Gasteiger partial charge is 0.256 e. The van der Waals surface area contributed by atoms with Gasteiger partial charge in [0.1, 0.15) is 18.0 Å². The van der Waals surface area contributed by atoms with Gasteiger partial charge in [-0.15, -0.1) is 0 Å². The highest BCUT2D eigenvalue weighted by atomic mass is 35.5. The van der Waals surface area contributed by atoms with Gasteiger partial charge in [0.05, 0.1) is 20.1 Å². The summed E-state index contributed by atoms with van der Waals surface area (Å²) < 4.78 is 33.2. The van der Waals surface area contributed by atoms with Gasteiger partial charge in [-0.25, -0.2) is 4.39 Å². The van der Waals surface area contributed by atoms with Crippen molar-refractivity contribution in [1.82, 2.24) is 15.6 Å². The third-order valence-corrected chi connectivity index (χ3v) is 9.57. The summed E-state index contributed by atoms with van der Waals surface area (Å²) in [5.74, 6) is -0.243. The van der Waals surface area contributed by atoms with E-state index in [1.807, 2.05) is 51.1 Å². The minimum absolute atomic E-state index is 0.0236. The average Bonchev–Trinajstić information content (AvgIpc) is 3.53. The normalized spacial score (nSPS) is 15.9. The van der Waals surface area contributed by atoms with Gasteiger partial charge in [0, 0.05) is 57.6 Å². The van der Waals surface area contributed by atoms with Crippen LogP contribution >= 0.6 is 11.6 Å². The van der Waals surface area contributed by atoms with Crippen molar-refractivity contribution in [2.75, 3.05) is 38.3 Å². The molecule has 2 unspecified atom stereocenters. The molecule has 0 saturated carbocycles. The number of nitrogens with zero attached hydrogens (tertiary/aromatic N) is 1. The molecule has 4 aromatic carbocycles. The molecule has 5 aromatic rings. The van der Waals surface area contributed by atoms with Crippen molar-refractivity contribution in [2.45, 2.75) is 58.8 Å². The zero-order valence-electron chi connectivity index (χ0n) is 31.2. The Hall–Kier alpha value is -4.90. The van der Waals surface area contributed by atoms with Crippen molar-refractivity contribution in [3.8, 4) is 11.5 Å². The van der Waals surface area contributed by atoms with Crippen molar-refractivity contribution in [3.05, 3.63) is 124 Å². The fourth-order valence-corrected chi connectivity index (χ4v) is 6.98. The molecule has 2 atom stereocenters. The van der Waals surface area contributed by atoms with Gasteiger partial charge < -0.3 is 34.7 Å². The number of aromatic amines is 1. The Kier molecular flexibility index (Phi) is 12.6. The Morgan fingerprint density at radius 1 is 0.981 bits per heavy atom. The Bertz CT molecular complexity index is 2080. The third kappa shape index (κ3) is 9.42. The molecular formula is C43H48ClFN4O5. The predicted molar refractivity (Wildman–Crippen MR) is 211 cm³/mol.